The number of fused-ring (bicyclic) bond motifs is 2. The number of anilines is 2. The fourth-order valence-corrected chi connectivity index (χ4v) is 5.11. The molecule has 7 nitrogen and oxygen atoms in total. The fourth-order valence-electron chi connectivity index (χ4n) is 5.11. The van der Waals surface area contributed by atoms with Gasteiger partial charge < -0.3 is 9.88 Å². The van der Waals surface area contributed by atoms with Gasteiger partial charge in [-0.3, -0.25) is 14.5 Å². The summed E-state index contributed by atoms with van der Waals surface area (Å²) < 4.78 is 42.1. The Bertz CT molecular complexity index is 1270. The molecule has 3 aromatic rings. The van der Waals surface area contributed by atoms with Crippen molar-refractivity contribution < 1.29 is 22.8 Å². The Morgan fingerprint density at radius 2 is 1.97 bits per heavy atom. The number of imidazole rings is 1. The topological polar surface area (TPSA) is 80.1 Å². The van der Waals surface area contributed by atoms with Crippen LogP contribution in [-0.2, 0) is 22.8 Å². The summed E-state index contributed by atoms with van der Waals surface area (Å²) in [4.78, 5) is 36.3. The summed E-state index contributed by atoms with van der Waals surface area (Å²) in [5, 5.41) is 2.86. The Morgan fingerprint density at radius 3 is 2.73 bits per heavy atom. The second-order valence-corrected chi connectivity index (χ2v) is 8.76. The van der Waals surface area contributed by atoms with Crippen molar-refractivity contribution in [2.24, 2.45) is 18.9 Å². The maximum absolute atomic E-state index is 13.4. The third kappa shape index (κ3) is 3.63. The normalized spacial score (nSPS) is 22.8. The molecule has 10 heteroatoms. The summed E-state index contributed by atoms with van der Waals surface area (Å²) in [6, 6.07) is 6.13. The van der Waals surface area contributed by atoms with E-state index >= 15 is 0 Å². The van der Waals surface area contributed by atoms with Crippen LogP contribution in [0.2, 0.25) is 0 Å². The second kappa shape index (κ2) is 7.57. The quantitative estimate of drug-likeness (QED) is 0.643. The van der Waals surface area contributed by atoms with Gasteiger partial charge >= 0.3 is 6.18 Å². The van der Waals surface area contributed by atoms with Gasteiger partial charge in [0.05, 0.1) is 22.9 Å². The van der Waals surface area contributed by atoms with Gasteiger partial charge in [-0.15, -0.1) is 0 Å². The third-order valence-corrected chi connectivity index (χ3v) is 6.58. The average molecular weight is 457 g/mol. The van der Waals surface area contributed by atoms with Crippen LogP contribution in [0.3, 0.4) is 0 Å². The number of benzene rings is 1. The van der Waals surface area contributed by atoms with Crippen LogP contribution >= 0.6 is 0 Å². The van der Waals surface area contributed by atoms with Crippen LogP contribution in [0.4, 0.5) is 24.7 Å². The molecule has 3 unspecified atom stereocenters. The first-order chi connectivity index (χ1) is 15.6. The Labute approximate surface area is 187 Å². The van der Waals surface area contributed by atoms with E-state index in [-0.39, 0.29) is 23.3 Å². The van der Waals surface area contributed by atoms with Crippen molar-refractivity contribution in [2.75, 3.05) is 10.2 Å². The molecular formula is C23H22F3N5O2. The zero-order valence-corrected chi connectivity index (χ0v) is 18.1. The summed E-state index contributed by atoms with van der Waals surface area (Å²) in [6.45, 7) is 1.44. The monoisotopic (exact) mass is 457 g/mol. The van der Waals surface area contributed by atoms with E-state index in [0.29, 0.717) is 18.5 Å². The lowest BCUT2D eigenvalue weighted by atomic mass is 9.93. The number of hydrogen-bond acceptors (Lipinski definition) is 4. The molecule has 2 fully saturated rings. The lowest BCUT2D eigenvalue weighted by Crippen LogP contribution is -2.45. The fraction of sp³-hybridized carbons (Fsp3) is 0.391. The van der Waals surface area contributed by atoms with Gasteiger partial charge in [0.1, 0.15) is 11.9 Å². The van der Waals surface area contributed by atoms with Crippen molar-refractivity contribution in [1.82, 2.24) is 14.5 Å². The maximum atomic E-state index is 13.4. The van der Waals surface area contributed by atoms with Gasteiger partial charge in [-0.1, -0.05) is 6.42 Å². The predicted octanol–water partition coefficient (Wildman–Crippen LogP) is 4.07. The molecule has 1 N–H and O–H groups in total. The van der Waals surface area contributed by atoms with Crippen LogP contribution in [0, 0.1) is 18.8 Å². The number of aromatic nitrogens is 3. The van der Waals surface area contributed by atoms with E-state index < -0.39 is 29.6 Å². The summed E-state index contributed by atoms with van der Waals surface area (Å²) in [6.07, 6.45) is -0.850. The van der Waals surface area contributed by atoms with Crippen molar-refractivity contribution in [1.29, 1.82) is 0 Å². The highest BCUT2D eigenvalue weighted by Crippen LogP contribution is 2.45. The van der Waals surface area contributed by atoms with E-state index in [4.69, 9.17) is 0 Å². The number of rotatable bonds is 3. The highest BCUT2D eigenvalue weighted by atomic mass is 19.4. The molecule has 1 aliphatic carbocycles. The molecule has 3 heterocycles. The number of carbonyl (C=O) groups is 2. The van der Waals surface area contributed by atoms with Crippen LogP contribution in [-0.4, -0.2) is 32.4 Å². The number of amides is 2. The number of aryl methyl sites for hydroxylation is 2. The number of halogens is 3. The highest BCUT2D eigenvalue weighted by molar-refractivity contribution is 6.09. The molecular weight excluding hydrogens is 435 g/mol. The number of hydrogen-bond donors (Lipinski definition) is 1. The Morgan fingerprint density at radius 1 is 1.18 bits per heavy atom. The van der Waals surface area contributed by atoms with Crippen LogP contribution in [0.25, 0.3) is 11.0 Å². The largest absolute Gasteiger partial charge is 0.416 e. The molecule has 1 saturated carbocycles. The van der Waals surface area contributed by atoms with Crippen LogP contribution in [0.5, 0.6) is 0 Å². The van der Waals surface area contributed by atoms with Crippen molar-refractivity contribution in [3.8, 4) is 0 Å². The predicted molar refractivity (Wildman–Crippen MR) is 115 cm³/mol. The van der Waals surface area contributed by atoms with Gasteiger partial charge in [0.25, 0.3) is 0 Å². The first-order valence-electron chi connectivity index (χ1n) is 10.7. The average Bonchev–Trinajstić information content (AvgIpc) is 3.43. The summed E-state index contributed by atoms with van der Waals surface area (Å²) in [5.41, 5.74) is 1.35. The smallest absolute Gasteiger partial charge is 0.334 e. The lowest BCUT2D eigenvalue weighted by molar-refractivity contribution is -0.137. The van der Waals surface area contributed by atoms with Gasteiger partial charge in [-0.2, -0.15) is 13.2 Å². The van der Waals surface area contributed by atoms with E-state index in [2.05, 4.69) is 15.3 Å². The minimum absolute atomic E-state index is 0.130. The molecule has 2 aromatic heterocycles. The molecule has 0 bridgehead atoms. The molecule has 172 valence electrons. The molecule has 3 atom stereocenters. The molecule has 1 saturated heterocycles. The van der Waals surface area contributed by atoms with Crippen molar-refractivity contribution in [3.63, 3.8) is 0 Å². The third-order valence-electron chi connectivity index (χ3n) is 6.58. The number of carbonyl (C=O) groups excluding carboxylic acids is 2. The van der Waals surface area contributed by atoms with E-state index in [0.717, 1.165) is 29.6 Å². The molecule has 1 aliphatic heterocycles. The summed E-state index contributed by atoms with van der Waals surface area (Å²) in [7, 11) is 1.84. The SMILES string of the molecule is Cc1cc(C(F)(F)F)cc(N2C(=O)C3CCCC3C2C(=O)Nc2ccc3ncn(C)c3c2)n1. The van der Waals surface area contributed by atoms with Gasteiger partial charge in [-0.25, -0.2) is 9.97 Å². The molecule has 2 aliphatic rings. The molecule has 5 rings (SSSR count). The first-order valence-corrected chi connectivity index (χ1v) is 10.7. The van der Waals surface area contributed by atoms with Crippen molar-refractivity contribution in [2.45, 2.75) is 38.4 Å². The van der Waals surface area contributed by atoms with E-state index in [9.17, 15) is 22.8 Å². The minimum atomic E-state index is -4.59. The van der Waals surface area contributed by atoms with Gasteiger partial charge in [0.15, 0.2) is 0 Å². The number of alkyl halides is 3. The van der Waals surface area contributed by atoms with Gasteiger partial charge in [-0.05, 0) is 50.1 Å². The minimum Gasteiger partial charge on any atom is -0.334 e. The molecule has 0 radical (unpaired) electrons. The second-order valence-electron chi connectivity index (χ2n) is 8.76. The maximum Gasteiger partial charge on any atom is 0.416 e. The van der Waals surface area contributed by atoms with Crippen LogP contribution < -0.4 is 10.2 Å². The first kappa shape index (κ1) is 21.4. The van der Waals surface area contributed by atoms with Gasteiger partial charge in [0.2, 0.25) is 11.8 Å². The lowest BCUT2D eigenvalue weighted by Gasteiger charge is -2.27. The van der Waals surface area contributed by atoms with Crippen LogP contribution in [0.15, 0.2) is 36.7 Å². The Hall–Kier alpha value is -3.43. The Balaban J connectivity index is 1.52. The Kier molecular flexibility index (Phi) is 4.91. The van der Waals surface area contributed by atoms with Crippen LogP contribution in [0.1, 0.15) is 30.5 Å². The standard InChI is InChI=1S/C23H22F3N5O2/c1-12-8-13(23(24,25)26)9-19(28-12)31-20(15-4-3-5-16(15)22(31)33)21(32)29-14-6-7-17-18(10-14)30(2)11-27-17/h6-11,15-16,20H,3-5H2,1-2H3,(H,29,32). The number of nitrogens with zero attached hydrogens (tertiary/aromatic N) is 4. The molecule has 33 heavy (non-hydrogen) atoms. The van der Waals surface area contributed by atoms with Gasteiger partial charge in [0, 0.05) is 30.3 Å². The highest BCUT2D eigenvalue weighted by Gasteiger charge is 2.54. The summed E-state index contributed by atoms with van der Waals surface area (Å²) in [5.74, 6) is -1.57. The molecule has 0 spiro atoms. The zero-order valence-electron chi connectivity index (χ0n) is 18.1. The van der Waals surface area contributed by atoms with E-state index in [1.807, 2.05) is 11.6 Å². The van der Waals surface area contributed by atoms with E-state index in [1.54, 1.807) is 24.5 Å². The van der Waals surface area contributed by atoms with E-state index in [1.165, 1.54) is 11.8 Å². The zero-order chi connectivity index (χ0) is 23.5. The number of nitrogens with one attached hydrogen (secondary N) is 1. The summed E-state index contributed by atoms with van der Waals surface area (Å²) >= 11 is 0. The number of pyridine rings is 1. The molecule has 1 aromatic carbocycles. The van der Waals surface area contributed by atoms with Crippen molar-refractivity contribution >= 4 is 34.4 Å². The van der Waals surface area contributed by atoms with Crippen molar-refractivity contribution in [3.05, 3.63) is 47.9 Å². The molecule has 2 amide bonds.